The zero-order chi connectivity index (χ0) is 13.0. The Labute approximate surface area is 108 Å². The van der Waals surface area contributed by atoms with Gasteiger partial charge < -0.3 is 11.1 Å². The van der Waals surface area contributed by atoms with Crippen LogP contribution in [0.25, 0.3) is 0 Å². The molecule has 0 bridgehead atoms. The molecule has 0 radical (unpaired) electrons. The monoisotopic (exact) mass is 249 g/mol. The highest BCUT2D eigenvalue weighted by molar-refractivity contribution is 5.78. The average Bonchev–Trinajstić information content (AvgIpc) is 2.95. The highest BCUT2D eigenvalue weighted by Crippen LogP contribution is 2.17. The number of nitrogens with two attached hydrogens (primary N) is 1. The van der Waals surface area contributed by atoms with Crippen LogP contribution in [0.3, 0.4) is 0 Å². The van der Waals surface area contributed by atoms with Gasteiger partial charge in [0.1, 0.15) is 0 Å². The van der Waals surface area contributed by atoms with E-state index in [9.17, 15) is 0 Å². The number of aryl methyl sites for hydroxylation is 2. The van der Waals surface area contributed by atoms with E-state index < -0.39 is 0 Å². The predicted molar refractivity (Wildman–Crippen MR) is 73.3 cm³/mol. The van der Waals surface area contributed by atoms with E-state index in [1.165, 1.54) is 25.7 Å². The van der Waals surface area contributed by atoms with Crippen LogP contribution in [0, 0.1) is 0 Å². The Bertz CT molecular complexity index is 415. The molecule has 1 aromatic heterocycles. The summed E-state index contributed by atoms with van der Waals surface area (Å²) in [7, 11) is 1.94. The van der Waals surface area contributed by atoms with Gasteiger partial charge in [-0.2, -0.15) is 5.10 Å². The second-order valence-corrected chi connectivity index (χ2v) is 4.96. The van der Waals surface area contributed by atoms with Crippen molar-refractivity contribution >= 4 is 5.96 Å². The quantitative estimate of drug-likeness (QED) is 0.625. The van der Waals surface area contributed by atoms with Gasteiger partial charge in [-0.1, -0.05) is 19.8 Å². The third-order valence-electron chi connectivity index (χ3n) is 3.45. The number of hydrogen-bond acceptors (Lipinski definition) is 2. The fraction of sp³-hybridized carbons (Fsp3) is 0.692. The molecule has 1 heterocycles. The molecule has 0 spiro atoms. The van der Waals surface area contributed by atoms with Crippen LogP contribution in [0.5, 0.6) is 0 Å². The molecular weight excluding hydrogens is 226 g/mol. The number of aliphatic imine (C=N–C) groups is 1. The second-order valence-electron chi connectivity index (χ2n) is 4.96. The second kappa shape index (κ2) is 5.89. The van der Waals surface area contributed by atoms with Crippen molar-refractivity contribution in [2.24, 2.45) is 17.8 Å². The molecule has 2 rings (SSSR count). The van der Waals surface area contributed by atoms with Crippen molar-refractivity contribution in [1.82, 2.24) is 15.1 Å². The fourth-order valence-corrected chi connectivity index (χ4v) is 2.51. The van der Waals surface area contributed by atoms with E-state index in [1.807, 2.05) is 17.9 Å². The first kappa shape index (κ1) is 12.9. The van der Waals surface area contributed by atoms with Gasteiger partial charge in [0.15, 0.2) is 5.96 Å². The summed E-state index contributed by atoms with van der Waals surface area (Å²) >= 11 is 0. The van der Waals surface area contributed by atoms with E-state index >= 15 is 0 Å². The van der Waals surface area contributed by atoms with E-state index in [0.717, 1.165) is 17.7 Å². The Morgan fingerprint density at radius 2 is 2.28 bits per heavy atom. The molecule has 100 valence electrons. The Hall–Kier alpha value is -1.52. The van der Waals surface area contributed by atoms with Crippen LogP contribution in [-0.4, -0.2) is 21.8 Å². The lowest BCUT2D eigenvalue weighted by atomic mass is 10.2. The first-order chi connectivity index (χ1) is 8.69. The molecule has 1 aliphatic carbocycles. The van der Waals surface area contributed by atoms with Crippen LogP contribution in [0.1, 0.15) is 43.9 Å². The van der Waals surface area contributed by atoms with Gasteiger partial charge in [0.2, 0.25) is 0 Å². The molecule has 0 unspecified atom stereocenters. The van der Waals surface area contributed by atoms with Crippen molar-refractivity contribution < 1.29 is 0 Å². The molecule has 0 saturated heterocycles. The summed E-state index contributed by atoms with van der Waals surface area (Å²) < 4.78 is 1.84. The van der Waals surface area contributed by atoms with E-state index in [4.69, 9.17) is 5.73 Å². The van der Waals surface area contributed by atoms with Crippen LogP contribution in [0.4, 0.5) is 0 Å². The van der Waals surface area contributed by atoms with E-state index in [0.29, 0.717) is 18.5 Å². The Morgan fingerprint density at radius 3 is 2.94 bits per heavy atom. The topological polar surface area (TPSA) is 68.2 Å². The largest absolute Gasteiger partial charge is 0.370 e. The van der Waals surface area contributed by atoms with E-state index in [2.05, 4.69) is 22.3 Å². The molecule has 5 heteroatoms. The summed E-state index contributed by atoms with van der Waals surface area (Å²) in [5.74, 6) is 0.563. The number of rotatable bonds is 4. The Morgan fingerprint density at radius 1 is 1.56 bits per heavy atom. The van der Waals surface area contributed by atoms with Crippen molar-refractivity contribution in [3.63, 3.8) is 0 Å². The number of nitrogens with one attached hydrogen (secondary N) is 1. The summed E-state index contributed by atoms with van der Waals surface area (Å²) in [6.07, 6.45) is 7.97. The fourth-order valence-electron chi connectivity index (χ4n) is 2.51. The molecule has 18 heavy (non-hydrogen) atoms. The summed E-state index contributed by atoms with van der Waals surface area (Å²) in [5.41, 5.74) is 8.18. The lowest BCUT2D eigenvalue weighted by molar-refractivity contribution is 0.625. The Balaban J connectivity index is 1.91. The number of hydrogen-bond donors (Lipinski definition) is 2. The SMILES string of the molecule is CCc1nn(C)cc1CN=C(N)NC1CCCC1. The van der Waals surface area contributed by atoms with E-state index in [1.54, 1.807) is 0 Å². The summed E-state index contributed by atoms with van der Waals surface area (Å²) in [4.78, 5) is 4.41. The normalized spacial score (nSPS) is 17.3. The van der Waals surface area contributed by atoms with Gasteiger partial charge in [0.25, 0.3) is 0 Å². The number of aromatic nitrogens is 2. The highest BCUT2D eigenvalue weighted by atomic mass is 15.3. The standard InChI is InChI=1S/C13H23N5/c1-3-12-10(9-18(2)17-12)8-15-13(14)16-11-6-4-5-7-11/h9,11H,3-8H2,1-2H3,(H3,14,15,16). The number of guanidine groups is 1. The molecule has 0 aromatic carbocycles. The minimum Gasteiger partial charge on any atom is -0.370 e. The lowest BCUT2D eigenvalue weighted by Crippen LogP contribution is -2.38. The van der Waals surface area contributed by atoms with Gasteiger partial charge in [0.05, 0.1) is 12.2 Å². The van der Waals surface area contributed by atoms with Gasteiger partial charge in [-0.3, -0.25) is 4.68 Å². The molecule has 1 fully saturated rings. The molecule has 1 aliphatic rings. The van der Waals surface area contributed by atoms with Crippen molar-refractivity contribution in [2.75, 3.05) is 0 Å². The third-order valence-corrected chi connectivity index (χ3v) is 3.45. The summed E-state index contributed by atoms with van der Waals surface area (Å²) in [6, 6.07) is 0.522. The van der Waals surface area contributed by atoms with Gasteiger partial charge in [0, 0.05) is 24.8 Å². The molecule has 5 nitrogen and oxygen atoms in total. The van der Waals surface area contributed by atoms with E-state index in [-0.39, 0.29) is 0 Å². The summed E-state index contributed by atoms with van der Waals surface area (Å²) in [6.45, 7) is 2.72. The van der Waals surface area contributed by atoms with Crippen LogP contribution < -0.4 is 11.1 Å². The molecular formula is C13H23N5. The molecule has 1 aromatic rings. The maximum Gasteiger partial charge on any atom is 0.189 e. The van der Waals surface area contributed by atoms with Gasteiger partial charge in [-0.15, -0.1) is 0 Å². The Kier molecular flexibility index (Phi) is 4.23. The molecule has 1 saturated carbocycles. The number of nitrogens with zero attached hydrogens (tertiary/aromatic N) is 3. The van der Waals surface area contributed by atoms with Crippen LogP contribution in [-0.2, 0) is 20.0 Å². The molecule has 3 N–H and O–H groups in total. The predicted octanol–water partition coefficient (Wildman–Crippen LogP) is 1.33. The van der Waals surface area contributed by atoms with Gasteiger partial charge in [-0.05, 0) is 19.3 Å². The summed E-state index contributed by atoms with van der Waals surface area (Å²) in [5, 5.41) is 7.69. The molecule has 0 aliphatic heterocycles. The van der Waals surface area contributed by atoms with Crippen LogP contribution >= 0.6 is 0 Å². The zero-order valence-electron chi connectivity index (χ0n) is 11.3. The first-order valence-corrected chi connectivity index (χ1v) is 6.77. The van der Waals surface area contributed by atoms with Gasteiger partial charge >= 0.3 is 0 Å². The minimum absolute atomic E-state index is 0.522. The first-order valence-electron chi connectivity index (χ1n) is 6.77. The molecule has 0 atom stereocenters. The van der Waals surface area contributed by atoms with Crippen molar-refractivity contribution in [3.05, 3.63) is 17.5 Å². The zero-order valence-corrected chi connectivity index (χ0v) is 11.3. The third kappa shape index (κ3) is 3.24. The maximum atomic E-state index is 5.91. The van der Waals surface area contributed by atoms with Crippen molar-refractivity contribution in [3.8, 4) is 0 Å². The average molecular weight is 249 g/mol. The molecule has 0 amide bonds. The van der Waals surface area contributed by atoms with Crippen LogP contribution in [0.15, 0.2) is 11.2 Å². The van der Waals surface area contributed by atoms with Crippen molar-refractivity contribution in [1.29, 1.82) is 0 Å². The van der Waals surface area contributed by atoms with Gasteiger partial charge in [-0.25, -0.2) is 4.99 Å². The minimum atomic E-state index is 0.522. The smallest absolute Gasteiger partial charge is 0.189 e. The lowest BCUT2D eigenvalue weighted by Gasteiger charge is -2.12. The highest BCUT2D eigenvalue weighted by Gasteiger charge is 2.14. The van der Waals surface area contributed by atoms with Crippen molar-refractivity contribution in [2.45, 2.75) is 51.6 Å². The van der Waals surface area contributed by atoms with Crippen LogP contribution in [0.2, 0.25) is 0 Å². The maximum absolute atomic E-state index is 5.91.